The van der Waals surface area contributed by atoms with Gasteiger partial charge < -0.3 is 0 Å². The van der Waals surface area contributed by atoms with E-state index >= 15 is 0 Å². The molecule has 1 heterocycles. The van der Waals surface area contributed by atoms with Crippen LogP contribution in [0.4, 0.5) is 8.78 Å². The summed E-state index contributed by atoms with van der Waals surface area (Å²) >= 11 is 2.93. The summed E-state index contributed by atoms with van der Waals surface area (Å²) in [6, 6.07) is 0. The largest absolute Gasteiger partial charge is 0.332 e. The summed E-state index contributed by atoms with van der Waals surface area (Å²) in [6.07, 6.45) is 0. The van der Waals surface area contributed by atoms with Crippen LogP contribution in [0.5, 0.6) is 0 Å². The molecule has 0 unspecified atom stereocenters. The number of hydrogen-bond donors (Lipinski definition) is 0. The third-order valence-corrected chi connectivity index (χ3v) is 2.56. The van der Waals surface area contributed by atoms with Crippen molar-refractivity contribution in [1.82, 2.24) is 9.36 Å². The summed E-state index contributed by atoms with van der Waals surface area (Å²) in [4.78, 5) is 11.1. The van der Waals surface area contributed by atoms with Gasteiger partial charge in [-0.05, 0) is 22.9 Å². The van der Waals surface area contributed by atoms with Crippen LogP contribution >= 0.6 is 15.9 Å². The topological polar surface area (TPSA) is 26.9 Å². The molecule has 6 heteroatoms. The quantitative estimate of drug-likeness (QED) is 0.734. The van der Waals surface area contributed by atoms with Crippen LogP contribution in [0, 0.1) is 6.92 Å². The molecule has 0 saturated heterocycles. The lowest BCUT2D eigenvalue weighted by Crippen LogP contribution is -2.20. The molecule has 0 radical (unpaired) electrons. The average molecular weight is 241 g/mol. The molecule has 0 aromatic carbocycles. The molecule has 0 aliphatic rings. The zero-order valence-electron chi connectivity index (χ0n) is 6.51. The molecule has 1 rings (SSSR count). The predicted molar refractivity (Wildman–Crippen MR) is 43.4 cm³/mol. The summed E-state index contributed by atoms with van der Waals surface area (Å²) in [5.74, 6) is 0. The second kappa shape index (κ2) is 3.01. The molecule has 0 aliphatic carbocycles. The van der Waals surface area contributed by atoms with Crippen LogP contribution in [0.3, 0.4) is 0 Å². The predicted octanol–water partition coefficient (Wildman–Crippen LogP) is 1.65. The summed E-state index contributed by atoms with van der Waals surface area (Å²) in [5.41, 5.74) is -0.217. The van der Waals surface area contributed by atoms with Gasteiger partial charge in [-0.2, -0.15) is 8.78 Å². The minimum atomic E-state index is -2.69. The molecule has 0 spiro atoms. The number of hydrogen-bond acceptors (Lipinski definition) is 1. The van der Waals surface area contributed by atoms with Gasteiger partial charge in [0.1, 0.15) is 4.47 Å². The zero-order valence-corrected chi connectivity index (χ0v) is 8.10. The molecule has 0 aliphatic heterocycles. The van der Waals surface area contributed by atoms with Gasteiger partial charge in [0.05, 0.1) is 5.69 Å². The average Bonchev–Trinajstić information content (AvgIpc) is 2.16. The van der Waals surface area contributed by atoms with Crippen LogP contribution in [-0.2, 0) is 7.05 Å². The Bertz CT molecular complexity index is 355. The van der Waals surface area contributed by atoms with E-state index in [1.165, 1.54) is 14.0 Å². The van der Waals surface area contributed by atoms with Gasteiger partial charge in [-0.1, -0.05) is 0 Å². The fraction of sp³-hybridized carbons (Fsp3) is 0.500. The van der Waals surface area contributed by atoms with E-state index in [1.807, 2.05) is 0 Å². The molecule has 1 aromatic rings. The maximum absolute atomic E-state index is 12.3. The highest BCUT2D eigenvalue weighted by Crippen LogP contribution is 2.17. The van der Waals surface area contributed by atoms with E-state index in [-0.39, 0.29) is 10.2 Å². The van der Waals surface area contributed by atoms with Crippen LogP contribution in [0.2, 0.25) is 0 Å². The number of halogens is 3. The Labute approximate surface area is 75.7 Å². The van der Waals surface area contributed by atoms with Crippen molar-refractivity contribution in [3.05, 3.63) is 20.5 Å². The van der Waals surface area contributed by atoms with Crippen molar-refractivity contribution in [1.29, 1.82) is 0 Å². The van der Waals surface area contributed by atoms with Crippen molar-refractivity contribution >= 4 is 15.9 Å². The van der Waals surface area contributed by atoms with Crippen LogP contribution in [0.15, 0.2) is 9.27 Å². The van der Waals surface area contributed by atoms with Crippen molar-refractivity contribution in [2.24, 2.45) is 7.05 Å². The van der Waals surface area contributed by atoms with E-state index in [4.69, 9.17) is 0 Å². The molecule has 0 atom stereocenters. The highest BCUT2D eigenvalue weighted by molar-refractivity contribution is 9.10. The lowest BCUT2D eigenvalue weighted by atomic mass is 10.5. The maximum atomic E-state index is 12.3. The Morgan fingerprint density at radius 1 is 1.50 bits per heavy atom. The highest BCUT2D eigenvalue weighted by Gasteiger charge is 2.17. The first-order valence-electron chi connectivity index (χ1n) is 3.18. The second-order valence-electron chi connectivity index (χ2n) is 2.35. The minimum Gasteiger partial charge on any atom is -0.267 e. The molecule has 3 nitrogen and oxygen atoms in total. The Morgan fingerprint density at radius 2 is 2.00 bits per heavy atom. The maximum Gasteiger partial charge on any atom is 0.332 e. The zero-order chi connectivity index (χ0) is 9.46. The molecular weight excluding hydrogens is 234 g/mol. The van der Waals surface area contributed by atoms with Crippen molar-refractivity contribution in [2.45, 2.75) is 13.5 Å². The van der Waals surface area contributed by atoms with E-state index in [1.54, 1.807) is 0 Å². The minimum absolute atomic E-state index is 0.185. The Hall–Kier alpha value is -0.650. The SMILES string of the molecule is Cc1c(Br)c(=O)n(C)n1C(F)F. The smallest absolute Gasteiger partial charge is 0.267 e. The first kappa shape index (κ1) is 9.44. The van der Waals surface area contributed by atoms with Crippen molar-refractivity contribution in [3.8, 4) is 0 Å². The lowest BCUT2D eigenvalue weighted by Gasteiger charge is -2.06. The van der Waals surface area contributed by atoms with Gasteiger partial charge in [0.15, 0.2) is 0 Å². The summed E-state index contributed by atoms with van der Waals surface area (Å²) in [5, 5.41) is 0. The van der Waals surface area contributed by atoms with Gasteiger partial charge in [-0.3, -0.25) is 4.79 Å². The molecule has 0 amide bonds. The van der Waals surface area contributed by atoms with Crippen LogP contribution < -0.4 is 5.56 Å². The molecule has 0 fully saturated rings. The Kier molecular flexibility index (Phi) is 2.36. The molecule has 0 N–H and O–H groups in total. The highest BCUT2D eigenvalue weighted by atomic mass is 79.9. The van der Waals surface area contributed by atoms with E-state index in [0.717, 1.165) is 4.68 Å². The normalized spacial score (nSPS) is 11.2. The molecule has 0 saturated carbocycles. The van der Waals surface area contributed by atoms with E-state index in [9.17, 15) is 13.6 Å². The van der Waals surface area contributed by atoms with Gasteiger partial charge >= 0.3 is 6.55 Å². The van der Waals surface area contributed by atoms with Gasteiger partial charge in [-0.25, -0.2) is 9.36 Å². The number of aromatic nitrogens is 2. The van der Waals surface area contributed by atoms with Crippen molar-refractivity contribution in [2.75, 3.05) is 0 Å². The monoisotopic (exact) mass is 240 g/mol. The van der Waals surface area contributed by atoms with E-state index in [0.29, 0.717) is 4.68 Å². The van der Waals surface area contributed by atoms with Gasteiger partial charge in [0.2, 0.25) is 0 Å². The van der Waals surface area contributed by atoms with E-state index in [2.05, 4.69) is 15.9 Å². The molecule has 68 valence electrons. The fourth-order valence-corrected chi connectivity index (χ4v) is 1.44. The lowest BCUT2D eigenvalue weighted by molar-refractivity contribution is 0.0420. The molecule has 0 bridgehead atoms. The van der Waals surface area contributed by atoms with Gasteiger partial charge in [0.25, 0.3) is 5.56 Å². The number of rotatable bonds is 1. The Morgan fingerprint density at radius 3 is 2.17 bits per heavy atom. The first-order chi connectivity index (χ1) is 5.46. The summed E-state index contributed by atoms with van der Waals surface area (Å²) < 4.78 is 26.2. The molecular formula is C6H7BrF2N2O. The molecule has 12 heavy (non-hydrogen) atoms. The van der Waals surface area contributed by atoms with Crippen molar-refractivity contribution < 1.29 is 8.78 Å². The molecule has 1 aromatic heterocycles. The van der Waals surface area contributed by atoms with Gasteiger partial charge in [0, 0.05) is 7.05 Å². The Balaban J connectivity index is 3.49. The van der Waals surface area contributed by atoms with Crippen LogP contribution in [-0.4, -0.2) is 9.36 Å². The van der Waals surface area contributed by atoms with Crippen LogP contribution in [0.25, 0.3) is 0 Å². The van der Waals surface area contributed by atoms with E-state index < -0.39 is 12.1 Å². The fourth-order valence-electron chi connectivity index (χ4n) is 0.998. The summed E-state index contributed by atoms with van der Waals surface area (Å²) in [7, 11) is 1.30. The third-order valence-electron chi connectivity index (χ3n) is 1.65. The van der Waals surface area contributed by atoms with Gasteiger partial charge in [-0.15, -0.1) is 0 Å². The third kappa shape index (κ3) is 1.20. The number of alkyl halides is 2. The van der Waals surface area contributed by atoms with Crippen molar-refractivity contribution in [3.63, 3.8) is 0 Å². The number of nitrogens with zero attached hydrogens (tertiary/aromatic N) is 2. The standard InChI is InChI=1S/C6H7BrF2N2O/c1-3-4(7)5(12)10(2)11(3)6(8)9/h6H,1-2H3. The second-order valence-corrected chi connectivity index (χ2v) is 3.14. The van der Waals surface area contributed by atoms with Crippen LogP contribution in [0.1, 0.15) is 12.2 Å². The first-order valence-corrected chi connectivity index (χ1v) is 3.98. The summed E-state index contributed by atoms with van der Waals surface area (Å²) in [6.45, 7) is -1.23.